The highest BCUT2D eigenvalue weighted by Gasteiger charge is 2.41. The standard InChI is InChI=1S/C11H11F5N2O2/c12-7-2-1-6(3-8(7)17)18-9(19)4-20-5-11(15,16)10(13)14/h1-3,10H,4-5,17H2,(H,18,19). The molecule has 1 aromatic rings. The van der Waals surface area contributed by atoms with Crippen molar-refractivity contribution in [1.29, 1.82) is 0 Å². The number of benzene rings is 1. The molecule has 0 aromatic heterocycles. The van der Waals surface area contributed by atoms with E-state index in [2.05, 4.69) is 10.1 Å². The molecule has 20 heavy (non-hydrogen) atoms. The van der Waals surface area contributed by atoms with Gasteiger partial charge in [0.2, 0.25) is 5.91 Å². The summed E-state index contributed by atoms with van der Waals surface area (Å²) in [4.78, 5) is 11.3. The number of hydrogen-bond acceptors (Lipinski definition) is 3. The van der Waals surface area contributed by atoms with Gasteiger partial charge in [0.1, 0.15) is 19.0 Å². The summed E-state index contributed by atoms with van der Waals surface area (Å²) in [6.45, 7) is -2.43. The largest absolute Gasteiger partial charge is 0.396 e. The van der Waals surface area contributed by atoms with Crippen LogP contribution < -0.4 is 11.1 Å². The van der Waals surface area contributed by atoms with Crippen LogP contribution in [0.5, 0.6) is 0 Å². The summed E-state index contributed by atoms with van der Waals surface area (Å²) in [5.74, 6) is -5.86. The van der Waals surface area contributed by atoms with Crippen molar-refractivity contribution >= 4 is 17.3 Å². The molecule has 0 radical (unpaired) electrons. The molecule has 0 aliphatic rings. The van der Waals surface area contributed by atoms with E-state index in [1.54, 1.807) is 0 Å². The molecule has 112 valence electrons. The topological polar surface area (TPSA) is 64.3 Å². The van der Waals surface area contributed by atoms with Crippen molar-refractivity contribution in [2.45, 2.75) is 12.3 Å². The Morgan fingerprint density at radius 1 is 1.40 bits per heavy atom. The molecule has 0 atom stereocenters. The van der Waals surface area contributed by atoms with E-state index < -0.39 is 37.3 Å². The number of hydrogen-bond donors (Lipinski definition) is 2. The van der Waals surface area contributed by atoms with Crippen LogP contribution in [0.25, 0.3) is 0 Å². The number of nitrogens with one attached hydrogen (secondary N) is 1. The van der Waals surface area contributed by atoms with Gasteiger partial charge < -0.3 is 15.8 Å². The van der Waals surface area contributed by atoms with Crippen LogP contribution in [0.3, 0.4) is 0 Å². The molecule has 0 aliphatic carbocycles. The molecule has 1 aromatic carbocycles. The maximum atomic E-state index is 12.8. The number of rotatable bonds is 6. The average molecular weight is 298 g/mol. The summed E-state index contributed by atoms with van der Waals surface area (Å²) >= 11 is 0. The van der Waals surface area contributed by atoms with Crippen molar-refractivity contribution in [2.24, 2.45) is 0 Å². The van der Waals surface area contributed by atoms with Crippen molar-refractivity contribution in [3.63, 3.8) is 0 Å². The lowest BCUT2D eigenvalue weighted by molar-refractivity contribution is -0.167. The third-order valence-corrected chi connectivity index (χ3v) is 2.13. The number of nitrogens with two attached hydrogens (primary N) is 1. The number of amides is 1. The number of carbonyl (C=O) groups is 1. The monoisotopic (exact) mass is 298 g/mol. The van der Waals surface area contributed by atoms with Crippen molar-refractivity contribution in [1.82, 2.24) is 0 Å². The summed E-state index contributed by atoms with van der Waals surface area (Å²) < 4.78 is 65.5. The quantitative estimate of drug-likeness (QED) is 0.625. The van der Waals surface area contributed by atoms with Gasteiger partial charge in [-0.15, -0.1) is 0 Å². The molecule has 1 amide bonds. The molecule has 0 fully saturated rings. The van der Waals surface area contributed by atoms with Crippen molar-refractivity contribution in [2.75, 3.05) is 24.3 Å². The zero-order valence-corrected chi connectivity index (χ0v) is 10.0. The fourth-order valence-corrected chi connectivity index (χ4v) is 1.16. The smallest absolute Gasteiger partial charge is 0.330 e. The molecule has 0 bridgehead atoms. The fourth-order valence-electron chi connectivity index (χ4n) is 1.16. The Balaban J connectivity index is 2.43. The SMILES string of the molecule is Nc1cc(NC(=O)COCC(F)(F)C(F)F)ccc1F. The fraction of sp³-hybridized carbons (Fsp3) is 0.364. The molecule has 0 aliphatic heterocycles. The minimum absolute atomic E-state index is 0.123. The Bertz CT molecular complexity index is 482. The molecule has 9 heteroatoms. The first kappa shape index (κ1) is 16.2. The Labute approximate surface area is 110 Å². The van der Waals surface area contributed by atoms with Crippen LogP contribution in [-0.2, 0) is 9.53 Å². The molecule has 1 rings (SSSR count). The highest BCUT2D eigenvalue weighted by molar-refractivity contribution is 5.92. The van der Waals surface area contributed by atoms with E-state index in [1.165, 1.54) is 6.07 Å². The Morgan fingerprint density at radius 2 is 2.05 bits per heavy atom. The highest BCUT2D eigenvalue weighted by atomic mass is 19.3. The van der Waals surface area contributed by atoms with Crippen LogP contribution in [0.2, 0.25) is 0 Å². The molecule has 0 unspecified atom stereocenters. The van der Waals surface area contributed by atoms with Crippen LogP contribution in [0, 0.1) is 5.82 Å². The van der Waals surface area contributed by atoms with E-state index in [9.17, 15) is 26.7 Å². The third kappa shape index (κ3) is 4.65. The maximum Gasteiger partial charge on any atom is 0.330 e. The molecule has 4 nitrogen and oxygen atoms in total. The molecule has 3 N–H and O–H groups in total. The van der Waals surface area contributed by atoms with Crippen LogP contribution in [0.1, 0.15) is 0 Å². The predicted molar refractivity (Wildman–Crippen MR) is 61.2 cm³/mol. The number of alkyl halides is 4. The molecule has 0 heterocycles. The lowest BCUT2D eigenvalue weighted by Crippen LogP contribution is -2.33. The summed E-state index contributed by atoms with van der Waals surface area (Å²) in [5, 5.41) is 2.18. The minimum atomic E-state index is -4.32. The van der Waals surface area contributed by atoms with Crippen molar-refractivity contribution in [3.05, 3.63) is 24.0 Å². The molecule has 0 spiro atoms. The van der Waals surface area contributed by atoms with Gasteiger partial charge in [-0.2, -0.15) is 8.78 Å². The first-order valence-corrected chi connectivity index (χ1v) is 5.31. The number of carbonyl (C=O) groups excluding carboxylic acids is 1. The first-order valence-electron chi connectivity index (χ1n) is 5.31. The summed E-state index contributed by atoms with van der Waals surface area (Å²) in [6, 6.07) is 3.30. The summed E-state index contributed by atoms with van der Waals surface area (Å²) in [7, 11) is 0. The van der Waals surface area contributed by atoms with E-state index in [0.29, 0.717) is 0 Å². The second-order valence-electron chi connectivity index (χ2n) is 3.84. The van der Waals surface area contributed by atoms with Gasteiger partial charge in [0.05, 0.1) is 5.69 Å². The lowest BCUT2D eigenvalue weighted by atomic mass is 10.2. The molecule has 0 saturated heterocycles. The molecule has 0 saturated carbocycles. The van der Waals surface area contributed by atoms with Gasteiger partial charge in [-0.25, -0.2) is 13.2 Å². The first-order chi connectivity index (χ1) is 9.22. The zero-order valence-electron chi connectivity index (χ0n) is 10.0. The maximum absolute atomic E-state index is 12.8. The van der Waals surface area contributed by atoms with Crippen LogP contribution in [0.4, 0.5) is 33.3 Å². The third-order valence-electron chi connectivity index (χ3n) is 2.13. The van der Waals surface area contributed by atoms with Crippen molar-refractivity contribution < 1.29 is 31.5 Å². The van der Waals surface area contributed by atoms with E-state index >= 15 is 0 Å². The Kier molecular flexibility index (Phi) is 5.26. The normalized spacial score (nSPS) is 11.7. The highest BCUT2D eigenvalue weighted by Crippen LogP contribution is 2.22. The summed E-state index contributed by atoms with van der Waals surface area (Å²) in [6.07, 6.45) is -3.87. The van der Waals surface area contributed by atoms with Crippen LogP contribution in [-0.4, -0.2) is 31.5 Å². The van der Waals surface area contributed by atoms with E-state index in [4.69, 9.17) is 5.73 Å². The van der Waals surface area contributed by atoms with Gasteiger partial charge in [-0.3, -0.25) is 4.79 Å². The summed E-state index contributed by atoms with van der Waals surface area (Å²) in [5.41, 5.74) is 5.16. The van der Waals surface area contributed by atoms with Gasteiger partial charge >= 0.3 is 12.3 Å². The van der Waals surface area contributed by atoms with E-state index in [0.717, 1.165) is 12.1 Å². The number of ether oxygens (including phenoxy) is 1. The second-order valence-corrected chi connectivity index (χ2v) is 3.84. The van der Waals surface area contributed by atoms with Gasteiger partial charge in [0.15, 0.2) is 0 Å². The number of anilines is 2. The average Bonchev–Trinajstić information content (AvgIpc) is 2.33. The van der Waals surface area contributed by atoms with E-state index in [-0.39, 0.29) is 11.4 Å². The van der Waals surface area contributed by atoms with E-state index in [1.807, 2.05) is 0 Å². The lowest BCUT2D eigenvalue weighted by Gasteiger charge is -2.15. The van der Waals surface area contributed by atoms with Gasteiger partial charge in [-0.05, 0) is 18.2 Å². The zero-order chi connectivity index (χ0) is 15.3. The van der Waals surface area contributed by atoms with Gasteiger partial charge in [0.25, 0.3) is 0 Å². The van der Waals surface area contributed by atoms with Gasteiger partial charge in [0, 0.05) is 5.69 Å². The van der Waals surface area contributed by atoms with Crippen molar-refractivity contribution in [3.8, 4) is 0 Å². The minimum Gasteiger partial charge on any atom is -0.396 e. The predicted octanol–water partition coefficient (Wildman–Crippen LogP) is 2.26. The second kappa shape index (κ2) is 6.51. The van der Waals surface area contributed by atoms with Crippen LogP contribution >= 0.6 is 0 Å². The van der Waals surface area contributed by atoms with Gasteiger partial charge in [-0.1, -0.05) is 0 Å². The Morgan fingerprint density at radius 3 is 2.60 bits per heavy atom. The van der Waals surface area contributed by atoms with Crippen LogP contribution in [0.15, 0.2) is 18.2 Å². The number of nitrogen functional groups attached to an aromatic ring is 1. The Hall–Kier alpha value is -1.90. The molecular weight excluding hydrogens is 287 g/mol. The number of halogens is 5. The molecular formula is C11H11F5N2O2.